The zero-order chi connectivity index (χ0) is 20.5. The number of epoxide rings is 1. The monoisotopic (exact) mass is 404 g/mol. The molecule has 3 aliphatic heterocycles. The molecule has 8 atom stereocenters. The zero-order valence-corrected chi connectivity index (χ0v) is 18.6. The van der Waals surface area contributed by atoms with Crippen LogP contribution in [-0.2, 0) is 23.7 Å². The van der Waals surface area contributed by atoms with Crippen LogP contribution in [0.1, 0.15) is 79.1 Å². The first-order valence-corrected chi connectivity index (χ1v) is 11.7. The summed E-state index contributed by atoms with van der Waals surface area (Å²) in [5.74, 6) is 0.476. The Hall–Kier alpha value is -0.650. The van der Waals surface area contributed by atoms with Gasteiger partial charge in [0, 0.05) is 36.7 Å². The SMILES string of the molecule is COC12CCC3(CO1)C(CCC14OC31CCC1(C)C(OC(C)=O)CCC14)C2(C)C. The van der Waals surface area contributed by atoms with Crippen molar-refractivity contribution in [3.8, 4) is 0 Å². The molecular formula is C24H36O5. The summed E-state index contributed by atoms with van der Waals surface area (Å²) in [6, 6.07) is 0. The molecule has 8 unspecified atom stereocenters. The molecule has 1 spiro atoms. The van der Waals surface area contributed by atoms with E-state index in [4.69, 9.17) is 18.9 Å². The molecule has 0 aromatic carbocycles. The molecule has 2 bridgehead atoms. The molecule has 7 fully saturated rings. The molecule has 162 valence electrons. The number of hydrogen-bond donors (Lipinski definition) is 0. The van der Waals surface area contributed by atoms with Gasteiger partial charge in [-0.1, -0.05) is 20.8 Å². The Bertz CT molecular complexity index is 767. The van der Waals surface area contributed by atoms with Gasteiger partial charge in [0.15, 0.2) is 5.79 Å². The van der Waals surface area contributed by atoms with E-state index in [0.717, 1.165) is 51.6 Å². The van der Waals surface area contributed by atoms with Crippen LogP contribution in [0.5, 0.6) is 0 Å². The molecule has 5 nitrogen and oxygen atoms in total. The minimum Gasteiger partial charge on any atom is -0.462 e. The van der Waals surface area contributed by atoms with Crippen LogP contribution in [0.2, 0.25) is 0 Å². The number of carbonyl (C=O) groups is 1. The summed E-state index contributed by atoms with van der Waals surface area (Å²) in [5, 5.41) is 0. The fraction of sp³-hybridized carbons (Fsp3) is 0.958. The predicted molar refractivity (Wildman–Crippen MR) is 106 cm³/mol. The van der Waals surface area contributed by atoms with Crippen molar-refractivity contribution >= 4 is 5.97 Å². The van der Waals surface area contributed by atoms with Crippen molar-refractivity contribution < 1.29 is 23.7 Å². The first-order chi connectivity index (χ1) is 13.6. The van der Waals surface area contributed by atoms with Crippen LogP contribution in [0, 0.1) is 28.1 Å². The van der Waals surface area contributed by atoms with E-state index in [1.807, 2.05) is 7.11 Å². The predicted octanol–water partition coefficient (Wildman–Crippen LogP) is 4.23. The fourth-order valence-corrected chi connectivity index (χ4v) is 9.78. The van der Waals surface area contributed by atoms with Crippen molar-refractivity contribution in [2.24, 2.45) is 28.1 Å². The molecular weight excluding hydrogens is 368 g/mol. The van der Waals surface area contributed by atoms with Gasteiger partial charge >= 0.3 is 5.97 Å². The van der Waals surface area contributed by atoms with E-state index in [1.165, 1.54) is 6.42 Å². The Morgan fingerprint density at radius 2 is 1.76 bits per heavy atom. The number of fused-ring (bicyclic) bond motifs is 3. The van der Waals surface area contributed by atoms with Gasteiger partial charge in [0.1, 0.15) is 17.3 Å². The molecule has 0 amide bonds. The molecule has 0 aromatic heterocycles. The maximum absolute atomic E-state index is 11.7. The topological polar surface area (TPSA) is 57.3 Å². The van der Waals surface area contributed by atoms with E-state index in [-0.39, 0.29) is 39.5 Å². The lowest BCUT2D eigenvalue weighted by molar-refractivity contribution is -0.392. The number of methoxy groups -OCH3 is 1. The first-order valence-electron chi connectivity index (χ1n) is 11.7. The molecule has 3 saturated heterocycles. The van der Waals surface area contributed by atoms with Crippen molar-refractivity contribution in [3.05, 3.63) is 0 Å². The number of carbonyl (C=O) groups excluding carboxylic acids is 1. The van der Waals surface area contributed by atoms with Crippen molar-refractivity contribution in [3.63, 3.8) is 0 Å². The van der Waals surface area contributed by atoms with Gasteiger partial charge in [-0.25, -0.2) is 0 Å². The Morgan fingerprint density at radius 1 is 0.966 bits per heavy atom. The Balaban J connectivity index is 1.39. The van der Waals surface area contributed by atoms with Crippen LogP contribution in [0.15, 0.2) is 0 Å². The zero-order valence-electron chi connectivity index (χ0n) is 18.6. The summed E-state index contributed by atoms with van der Waals surface area (Å²) in [6.07, 6.45) is 8.73. The van der Waals surface area contributed by atoms with Gasteiger partial charge in [-0.2, -0.15) is 0 Å². The maximum atomic E-state index is 11.7. The molecule has 0 radical (unpaired) electrons. The average Bonchev–Trinajstić information content (AvgIpc) is 3.28. The van der Waals surface area contributed by atoms with Gasteiger partial charge in [0.25, 0.3) is 0 Å². The highest BCUT2D eigenvalue weighted by atomic mass is 16.7. The van der Waals surface area contributed by atoms with E-state index in [1.54, 1.807) is 6.92 Å². The normalized spacial score (nSPS) is 58.6. The number of rotatable bonds is 2. The van der Waals surface area contributed by atoms with E-state index in [0.29, 0.717) is 11.8 Å². The van der Waals surface area contributed by atoms with Gasteiger partial charge in [0.2, 0.25) is 0 Å². The van der Waals surface area contributed by atoms with E-state index < -0.39 is 5.79 Å². The standard InChI is InChI=1S/C24H36O5/c1-15(25)28-18-7-6-17-20(18,4)10-12-23-21-11-13-24(26-5,27-14-21)19(2,3)16(21)8-9-22(17,23)29-23/h16-18H,6-14H2,1-5H3. The third-order valence-corrected chi connectivity index (χ3v) is 11.1. The lowest BCUT2D eigenvalue weighted by atomic mass is 9.39. The highest BCUT2D eigenvalue weighted by molar-refractivity contribution is 5.66. The Labute approximate surface area is 174 Å². The first kappa shape index (κ1) is 19.1. The molecule has 0 N–H and O–H groups in total. The van der Waals surface area contributed by atoms with E-state index in [2.05, 4.69) is 20.8 Å². The van der Waals surface area contributed by atoms with Crippen LogP contribution < -0.4 is 0 Å². The second-order valence-electron chi connectivity index (χ2n) is 11.8. The summed E-state index contributed by atoms with van der Waals surface area (Å²) in [4.78, 5) is 11.7. The van der Waals surface area contributed by atoms with Crippen molar-refractivity contribution in [2.45, 2.75) is 102 Å². The second kappa shape index (κ2) is 5.21. The van der Waals surface area contributed by atoms with Crippen molar-refractivity contribution in [2.75, 3.05) is 13.7 Å². The van der Waals surface area contributed by atoms with Crippen LogP contribution in [0.3, 0.4) is 0 Å². The molecule has 0 aromatic rings. The fourth-order valence-electron chi connectivity index (χ4n) is 9.78. The highest BCUT2D eigenvalue weighted by Gasteiger charge is 2.90. The molecule has 4 aliphatic carbocycles. The molecule has 4 saturated carbocycles. The smallest absolute Gasteiger partial charge is 0.302 e. The lowest BCUT2D eigenvalue weighted by Crippen LogP contribution is -2.74. The lowest BCUT2D eigenvalue weighted by Gasteiger charge is -2.69. The molecule has 3 heterocycles. The average molecular weight is 405 g/mol. The van der Waals surface area contributed by atoms with Gasteiger partial charge in [-0.3, -0.25) is 4.79 Å². The second-order valence-corrected chi connectivity index (χ2v) is 11.8. The van der Waals surface area contributed by atoms with E-state index in [9.17, 15) is 4.79 Å². The number of ether oxygens (including phenoxy) is 4. The summed E-state index contributed by atoms with van der Waals surface area (Å²) < 4.78 is 25.4. The Kier molecular flexibility index (Phi) is 3.43. The van der Waals surface area contributed by atoms with Crippen molar-refractivity contribution in [1.29, 1.82) is 0 Å². The number of hydrogen-bond acceptors (Lipinski definition) is 5. The quantitative estimate of drug-likeness (QED) is 0.509. The summed E-state index contributed by atoms with van der Waals surface area (Å²) in [7, 11) is 1.82. The summed E-state index contributed by atoms with van der Waals surface area (Å²) in [6.45, 7) is 9.40. The van der Waals surface area contributed by atoms with E-state index >= 15 is 0 Å². The minimum atomic E-state index is -0.443. The maximum Gasteiger partial charge on any atom is 0.302 e. The summed E-state index contributed by atoms with van der Waals surface area (Å²) >= 11 is 0. The Morgan fingerprint density at radius 3 is 2.41 bits per heavy atom. The third kappa shape index (κ3) is 1.78. The molecule has 29 heavy (non-hydrogen) atoms. The largest absolute Gasteiger partial charge is 0.462 e. The molecule has 5 heteroatoms. The van der Waals surface area contributed by atoms with Crippen LogP contribution in [0.4, 0.5) is 0 Å². The van der Waals surface area contributed by atoms with Crippen molar-refractivity contribution in [1.82, 2.24) is 0 Å². The highest BCUT2D eigenvalue weighted by Crippen LogP contribution is 2.83. The van der Waals surface area contributed by atoms with Crippen LogP contribution in [-0.4, -0.2) is 42.8 Å². The van der Waals surface area contributed by atoms with Gasteiger partial charge in [-0.15, -0.1) is 0 Å². The molecule has 7 rings (SSSR count). The molecule has 7 aliphatic rings. The van der Waals surface area contributed by atoms with Gasteiger partial charge in [0.05, 0.1) is 6.61 Å². The van der Waals surface area contributed by atoms with Crippen LogP contribution in [0.25, 0.3) is 0 Å². The van der Waals surface area contributed by atoms with Gasteiger partial charge in [-0.05, 0) is 56.8 Å². The van der Waals surface area contributed by atoms with Crippen LogP contribution >= 0.6 is 0 Å². The third-order valence-electron chi connectivity index (χ3n) is 11.1. The number of esters is 1. The summed E-state index contributed by atoms with van der Waals surface area (Å²) in [5.41, 5.74) is 0.0634. The minimum absolute atomic E-state index is 0.0121. The van der Waals surface area contributed by atoms with Gasteiger partial charge < -0.3 is 18.9 Å².